The maximum absolute atomic E-state index is 13.6. The van der Waals surface area contributed by atoms with E-state index in [1.807, 2.05) is 0 Å². The zero-order chi connectivity index (χ0) is 13.3. The first-order chi connectivity index (χ1) is 8.50. The van der Waals surface area contributed by atoms with Gasteiger partial charge in [-0.25, -0.2) is 23.5 Å². The molecule has 0 unspecified atom stereocenters. The molecule has 92 valence electrons. The molecule has 1 aromatic carbocycles. The highest BCUT2D eigenvalue weighted by Gasteiger charge is 2.16. The molecule has 0 saturated carbocycles. The van der Waals surface area contributed by atoms with Gasteiger partial charge in [0, 0.05) is 11.8 Å². The second-order valence-electron chi connectivity index (χ2n) is 3.63. The van der Waals surface area contributed by atoms with E-state index in [1.165, 1.54) is 18.3 Å². The van der Waals surface area contributed by atoms with Crippen LogP contribution in [0.3, 0.4) is 0 Å². The van der Waals surface area contributed by atoms with Crippen LogP contribution in [0.1, 0.15) is 16.2 Å². The van der Waals surface area contributed by atoms with Gasteiger partial charge in [-0.2, -0.15) is 0 Å². The van der Waals surface area contributed by atoms with E-state index in [4.69, 9.17) is 5.11 Å². The van der Waals surface area contributed by atoms with Crippen molar-refractivity contribution in [3.05, 3.63) is 47.4 Å². The molecule has 2 rings (SSSR count). The number of rotatable bonds is 2. The summed E-state index contributed by atoms with van der Waals surface area (Å²) in [4.78, 5) is 18.1. The van der Waals surface area contributed by atoms with E-state index in [0.717, 1.165) is 6.07 Å². The van der Waals surface area contributed by atoms with Gasteiger partial charge in [0.25, 0.3) is 0 Å². The molecule has 1 heterocycles. The molecular weight excluding hydrogens is 242 g/mol. The van der Waals surface area contributed by atoms with Crippen molar-refractivity contribution in [3.63, 3.8) is 0 Å². The summed E-state index contributed by atoms with van der Waals surface area (Å²) < 4.78 is 26.7. The first kappa shape index (κ1) is 12.1. The molecule has 6 heteroatoms. The van der Waals surface area contributed by atoms with Gasteiger partial charge in [-0.1, -0.05) is 6.07 Å². The lowest BCUT2D eigenvalue weighted by molar-refractivity contribution is 0.0683. The number of halogens is 2. The number of nitrogens with zero attached hydrogens (tertiary/aromatic N) is 2. The third kappa shape index (κ3) is 2.04. The first-order valence-electron chi connectivity index (χ1n) is 5.02. The predicted octanol–water partition coefficient (Wildman–Crippen LogP) is 2.43. The van der Waals surface area contributed by atoms with Gasteiger partial charge < -0.3 is 5.11 Å². The highest BCUT2D eigenvalue weighted by Crippen LogP contribution is 2.25. The number of hydrogen-bond donors (Lipinski definition) is 1. The molecule has 2 aromatic rings. The first-order valence-corrected chi connectivity index (χ1v) is 5.02. The lowest BCUT2D eigenvalue weighted by Gasteiger charge is -2.07. The molecule has 0 radical (unpaired) electrons. The average molecular weight is 250 g/mol. The van der Waals surface area contributed by atoms with Gasteiger partial charge in [0.1, 0.15) is 0 Å². The molecular formula is C12H8F2N2O2. The van der Waals surface area contributed by atoms with E-state index in [-0.39, 0.29) is 11.3 Å². The summed E-state index contributed by atoms with van der Waals surface area (Å²) in [5.74, 6) is -3.86. The van der Waals surface area contributed by atoms with E-state index in [1.54, 1.807) is 6.92 Å². The fraction of sp³-hybridized carbons (Fsp3) is 0.0833. The molecule has 0 amide bonds. The molecule has 0 bridgehead atoms. The van der Waals surface area contributed by atoms with Gasteiger partial charge in [0.15, 0.2) is 11.6 Å². The van der Waals surface area contributed by atoms with E-state index < -0.39 is 23.4 Å². The lowest BCUT2D eigenvalue weighted by Crippen LogP contribution is -2.06. The summed E-state index contributed by atoms with van der Waals surface area (Å²) in [7, 11) is 0. The zero-order valence-electron chi connectivity index (χ0n) is 9.32. The van der Waals surface area contributed by atoms with Crippen LogP contribution in [0.25, 0.3) is 11.3 Å². The molecule has 0 aliphatic rings. The third-order valence-electron chi connectivity index (χ3n) is 2.37. The van der Waals surface area contributed by atoms with Crippen molar-refractivity contribution in [1.82, 2.24) is 9.97 Å². The van der Waals surface area contributed by atoms with Crippen LogP contribution in [0.5, 0.6) is 0 Å². The number of aromatic nitrogens is 2. The molecule has 4 nitrogen and oxygen atoms in total. The second-order valence-corrected chi connectivity index (χ2v) is 3.63. The Morgan fingerprint density at radius 3 is 2.72 bits per heavy atom. The van der Waals surface area contributed by atoms with Crippen molar-refractivity contribution in [2.24, 2.45) is 0 Å². The van der Waals surface area contributed by atoms with E-state index in [2.05, 4.69) is 9.97 Å². The molecule has 1 aromatic heterocycles. The quantitative estimate of drug-likeness (QED) is 0.889. The van der Waals surface area contributed by atoms with Gasteiger partial charge >= 0.3 is 5.97 Å². The summed E-state index contributed by atoms with van der Waals surface area (Å²) in [6, 6.07) is 3.64. The van der Waals surface area contributed by atoms with Crippen LogP contribution < -0.4 is 0 Å². The predicted molar refractivity (Wildman–Crippen MR) is 59.1 cm³/mol. The Labute approximate surface area is 101 Å². The molecule has 1 N–H and O–H groups in total. The molecule has 0 fully saturated rings. The number of aryl methyl sites for hydroxylation is 1. The van der Waals surface area contributed by atoms with E-state index >= 15 is 0 Å². The minimum absolute atomic E-state index is 0.0689. The number of benzene rings is 1. The monoisotopic (exact) mass is 250 g/mol. The number of carboxylic acid groups (broad SMARTS) is 1. The smallest absolute Gasteiger partial charge is 0.373 e. The number of carboxylic acids is 1. The standard InChI is InChI=1S/C12H8F2N2O2/c1-6-5-15-11(12(17)18)16-10(6)7-3-2-4-8(13)9(7)14/h2-5H,1H3,(H,17,18). The van der Waals surface area contributed by atoms with Crippen LogP contribution in [0.4, 0.5) is 8.78 Å². The molecule has 0 aliphatic carbocycles. The van der Waals surface area contributed by atoms with Crippen molar-refractivity contribution in [1.29, 1.82) is 0 Å². The van der Waals surface area contributed by atoms with E-state index in [0.29, 0.717) is 5.56 Å². The Balaban J connectivity index is 2.66. The van der Waals surface area contributed by atoms with Crippen molar-refractivity contribution in [2.75, 3.05) is 0 Å². The minimum atomic E-state index is -1.33. The average Bonchev–Trinajstić information content (AvgIpc) is 2.33. The van der Waals surface area contributed by atoms with Crippen LogP contribution in [0.15, 0.2) is 24.4 Å². The number of aromatic carboxylic acids is 1. The summed E-state index contributed by atoms with van der Waals surface area (Å²) >= 11 is 0. The Morgan fingerprint density at radius 1 is 1.33 bits per heavy atom. The van der Waals surface area contributed by atoms with Crippen molar-refractivity contribution in [3.8, 4) is 11.3 Å². The summed E-state index contributed by atoms with van der Waals surface area (Å²) in [6.45, 7) is 1.59. The summed E-state index contributed by atoms with van der Waals surface area (Å²) in [6.07, 6.45) is 1.26. The summed E-state index contributed by atoms with van der Waals surface area (Å²) in [5, 5.41) is 8.78. The summed E-state index contributed by atoms with van der Waals surface area (Å²) in [5.41, 5.74) is 0.446. The fourth-order valence-corrected chi connectivity index (χ4v) is 1.50. The van der Waals surface area contributed by atoms with Crippen LogP contribution in [-0.4, -0.2) is 21.0 Å². The van der Waals surface area contributed by atoms with Crippen LogP contribution in [0.2, 0.25) is 0 Å². The normalized spacial score (nSPS) is 10.4. The molecule has 18 heavy (non-hydrogen) atoms. The van der Waals surface area contributed by atoms with Crippen LogP contribution in [0, 0.1) is 18.6 Å². The molecule has 0 aliphatic heterocycles. The molecule has 0 spiro atoms. The Bertz CT molecular complexity index is 629. The zero-order valence-corrected chi connectivity index (χ0v) is 9.32. The topological polar surface area (TPSA) is 63.1 Å². The van der Waals surface area contributed by atoms with Gasteiger partial charge in [-0.3, -0.25) is 0 Å². The Kier molecular flexibility index (Phi) is 3.01. The Morgan fingerprint density at radius 2 is 2.06 bits per heavy atom. The van der Waals surface area contributed by atoms with Crippen LogP contribution >= 0.6 is 0 Å². The highest BCUT2D eigenvalue weighted by molar-refractivity contribution is 5.84. The van der Waals surface area contributed by atoms with Gasteiger partial charge in [-0.05, 0) is 24.6 Å². The third-order valence-corrected chi connectivity index (χ3v) is 2.37. The highest BCUT2D eigenvalue weighted by atomic mass is 19.2. The largest absolute Gasteiger partial charge is 0.475 e. The molecule has 0 atom stereocenters. The lowest BCUT2D eigenvalue weighted by atomic mass is 10.1. The fourth-order valence-electron chi connectivity index (χ4n) is 1.50. The van der Waals surface area contributed by atoms with E-state index in [9.17, 15) is 13.6 Å². The SMILES string of the molecule is Cc1cnc(C(=O)O)nc1-c1cccc(F)c1F. The van der Waals surface area contributed by atoms with Crippen molar-refractivity contribution in [2.45, 2.75) is 6.92 Å². The van der Waals surface area contributed by atoms with Crippen LogP contribution in [-0.2, 0) is 0 Å². The second kappa shape index (κ2) is 4.48. The minimum Gasteiger partial charge on any atom is -0.475 e. The van der Waals surface area contributed by atoms with Crippen molar-refractivity contribution >= 4 is 5.97 Å². The molecule has 0 saturated heterocycles. The van der Waals surface area contributed by atoms with Gasteiger partial charge in [-0.15, -0.1) is 0 Å². The van der Waals surface area contributed by atoms with Gasteiger partial charge in [0.05, 0.1) is 5.69 Å². The number of carbonyl (C=O) groups is 1. The van der Waals surface area contributed by atoms with Crippen molar-refractivity contribution < 1.29 is 18.7 Å². The maximum Gasteiger partial charge on any atom is 0.373 e. The Hall–Kier alpha value is -2.37. The number of hydrogen-bond acceptors (Lipinski definition) is 3. The maximum atomic E-state index is 13.6. The van der Waals surface area contributed by atoms with Gasteiger partial charge in [0.2, 0.25) is 5.82 Å².